The number of amides is 2. The minimum atomic E-state index is -0.547. The first-order chi connectivity index (χ1) is 13.9. The predicted octanol–water partition coefficient (Wildman–Crippen LogP) is 1.76. The fourth-order valence-corrected chi connectivity index (χ4v) is 4.22. The van der Waals surface area contributed by atoms with Crippen LogP contribution in [0.4, 0.5) is 0 Å². The molecule has 152 valence electrons. The molecule has 2 aromatic carbocycles. The molecule has 0 saturated carbocycles. The van der Waals surface area contributed by atoms with Gasteiger partial charge in [0.05, 0.1) is 0 Å². The first-order valence-corrected chi connectivity index (χ1v) is 10.1. The number of hydrogen-bond acceptors (Lipinski definition) is 4. The number of aromatic hydroxyl groups is 1. The molecule has 2 heterocycles. The number of piperazine rings is 2. The van der Waals surface area contributed by atoms with E-state index in [1.54, 1.807) is 29.2 Å². The normalized spacial score (nSPS) is 22.3. The average molecular weight is 393 g/mol. The zero-order chi connectivity index (χ0) is 20.5. The number of phenols is 1. The van der Waals surface area contributed by atoms with Crippen molar-refractivity contribution in [3.63, 3.8) is 0 Å². The molecule has 2 amide bonds. The van der Waals surface area contributed by atoms with Gasteiger partial charge in [0.15, 0.2) is 0 Å². The molecule has 6 heteroatoms. The van der Waals surface area contributed by atoms with Crippen LogP contribution in [0.25, 0.3) is 0 Å². The fourth-order valence-electron chi connectivity index (χ4n) is 4.22. The van der Waals surface area contributed by atoms with Crippen molar-refractivity contribution in [3.05, 3.63) is 64.7 Å². The Labute approximate surface area is 171 Å². The number of nitrogens with one attached hydrogen (secondary N) is 1. The highest BCUT2D eigenvalue weighted by Crippen LogP contribution is 2.21. The van der Waals surface area contributed by atoms with E-state index in [-0.39, 0.29) is 17.6 Å². The number of benzene rings is 2. The van der Waals surface area contributed by atoms with E-state index in [0.29, 0.717) is 19.5 Å². The van der Waals surface area contributed by atoms with Crippen molar-refractivity contribution in [1.29, 1.82) is 0 Å². The van der Waals surface area contributed by atoms with Crippen molar-refractivity contribution in [2.24, 2.45) is 0 Å². The summed E-state index contributed by atoms with van der Waals surface area (Å²) in [5.41, 5.74) is 4.66. The van der Waals surface area contributed by atoms with E-state index in [1.807, 2.05) is 0 Å². The molecule has 0 spiro atoms. The number of fused-ring (bicyclic) bond motifs is 1. The zero-order valence-electron chi connectivity index (χ0n) is 16.9. The summed E-state index contributed by atoms with van der Waals surface area (Å²) in [4.78, 5) is 29.8. The summed E-state index contributed by atoms with van der Waals surface area (Å²) in [6.45, 7) is 6.86. The number of hydrogen-bond donors (Lipinski definition) is 2. The van der Waals surface area contributed by atoms with E-state index in [9.17, 15) is 14.7 Å². The molecular formula is C23H27N3O3. The van der Waals surface area contributed by atoms with Crippen molar-refractivity contribution < 1.29 is 14.7 Å². The summed E-state index contributed by atoms with van der Waals surface area (Å²) in [7, 11) is 0. The van der Waals surface area contributed by atoms with Crippen LogP contribution in [0.2, 0.25) is 0 Å². The lowest BCUT2D eigenvalue weighted by Gasteiger charge is -2.45. The van der Waals surface area contributed by atoms with Gasteiger partial charge in [-0.1, -0.05) is 35.9 Å². The number of rotatable bonds is 4. The number of carbonyl (C=O) groups is 2. The molecule has 4 rings (SSSR count). The average Bonchev–Trinajstić information content (AvgIpc) is 2.70. The quantitative estimate of drug-likeness (QED) is 0.830. The van der Waals surface area contributed by atoms with Crippen molar-refractivity contribution in [3.8, 4) is 5.75 Å². The van der Waals surface area contributed by atoms with Gasteiger partial charge < -0.3 is 15.3 Å². The summed E-state index contributed by atoms with van der Waals surface area (Å²) >= 11 is 0. The summed E-state index contributed by atoms with van der Waals surface area (Å²) in [6, 6.07) is 12.2. The molecule has 2 aromatic rings. The second-order valence-electron chi connectivity index (χ2n) is 8.14. The van der Waals surface area contributed by atoms with Crippen LogP contribution in [0.15, 0.2) is 42.5 Å². The maximum absolute atomic E-state index is 13.0. The van der Waals surface area contributed by atoms with Crippen molar-refractivity contribution in [1.82, 2.24) is 15.1 Å². The van der Waals surface area contributed by atoms with E-state index in [4.69, 9.17) is 0 Å². The number of phenolic OH excluding ortho intramolecular Hbond substituents is 1. The maximum Gasteiger partial charge on any atom is 0.246 e. The Morgan fingerprint density at radius 3 is 2.59 bits per heavy atom. The summed E-state index contributed by atoms with van der Waals surface area (Å²) in [5, 5.41) is 12.3. The van der Waals surface area contributed by atoms with Crippen LogP contribution in [0.3, 0.4) is 0 Å². The van der Waals surface area contributed by atoms with Gasteiger partial charge in [0.2, 0.25) is 11.8 Å². The molecule has 29 heavy (non-hydrogen) atoms. The first kappa shape index (κ1) is 19.5. The van der Waals surface area contributed by atoms with E-state index < -0.39 is 12.1 Å². The van der Waals surface area contributed by atoms with Crippen LogP contribution in [-0.2, 0) is 22.6 Å². The molecule has 0 aromatic heterocycles. The summed E-state index contributed by atoms with van der Waals surface area (Å²) < 4.78 is 0. The molecule has 2 saturated heterocycles. The van der Waals surface area contributed by atoms with Gasteiger partial charge in [-0.05, 0) is 42.7 Å². The molecule has 0 radical (unpaired) electrons. The topological polar surface area (TPSA) is 72.9 Å². The second-order valence-corrected chi connectivity index (χ2v) is 8.14. The predicted molar refractivity (Wildman–Crippen MR) is 110 cm³/mol. The monoisotopic (exact) mass is 393 g/mol. The smallest absolute Gasteiger partial charge is 0.246 e. The molecular weight excluding hydrogens is 366 g/mol. The van der Waals surface area contributed by atoms with Crippen molar-refractivity contribution in [2.75, 3.05) is 19.6 Å². The minimum absolute atomic E-state index is 0.0194. The van der Waals surface area contributed by atoms with Crippen LogP contribution in [0.1, 0.15) is 22.3 Å². The van der Waals surface area contributed by atoms with Crippen LogP contribution in [-0.4, -0.2) is 58.4 Å². The molecule has 2 fully saturated rings. The van der Waals surface area contributed by atoms with Crippen LogP contribution < -0.4 is 5.32 Å². The highest BCUT2D eigenvalue weighted by atomic mass is 16.3. The van der Waals surface area contributed by atoms with E-state index in [1.165, 1.54) is 16.7 Å². The minimum Gasteiger partial charge on any atom is -0.508 e. The first-order valence-electron chi connectivity index (χ1n) is 10.1. The number of carbonyl (C=O) groups excluding carboxylic acids is 2. The Morgan fingerprint density at radius 2 is 1.83 bits per heavy atom. The molecule has 2 atom stereocenters. The van der Waals surface area contributed by atoms with E-state index in [0.717, 1.165) is 18.7 Å². The number of nitrogens with zero attached hydrogens (tertiary/aromatic N) is 2. The van der Waals surface area contributed by atoms with Gasteiger partial charge in [-0.15, -0.1) is 0 Å². The lowest BCUT2D eigenvalue weighted by Crippen LogP contribution is -2.69. The molecule has 2 aliphatic heterocycles. The van der Waals surface area contributed by atoms with Crippen LogP contribution in [0, 0.1) is 13.8 Å². The van der Waals surface area contributed by atoms with Gasteiger partial charge in [0, 0.05) is 32.6 Å². The lowest BCUT2D eigenvalue weighted by molar-refractivity contribution is -0.153. The van der Waals surface area contributed by atoms with E-state index in [2.05, 4.69) is 42.3 Å². The number of aryl methyl sites for hydroxylation is 2. The highest BCUT2D eigenvalue weighted by Gasteiger charge is 2.43. The Bertz CT molecular complexity index is 925. The SMILES string of the molecule is Cc1ccc(C)c(CN2CCN3C(=O)[C@@H](Cc4ccc(O)cc4)NC(=O)[C@H]3C2)c1. The molecule has 6 nitrogen and oxygen atoms in total. The van der Waals surface area contributed by atoms with Crippen LogP contribution >= 0.6 is 0 Å². The fraction of sp³-hybridized carbons (Fsp3) is 0.391. The molecule has 0 unspecified atom stereocenters. The zero-order valence-corrected chi connectivity index (χ0v) is 16.9. The molecule has 2 N–H and O–H groups in total. The summed E-state index contributed by atoms with van der Waals surface area (Å²) in [5.74, 6) is 0.0842. The second kappa shape index (κ2) is 7.87. The Morgan fingerprint density at radius 1 is 1.07 bits per heavy atom. The standard InChI is InChI=1S/C23H27N3O3/c1-15-3-4-16(2)18(11-15)13-25-9-10-26-21(14-25)22(28)24-20(23(26)29)12-17-5-7-19(27)8-6-17/h3-8,11,20-21,27H,9-10,12-14H2,1-2H3,(H,24,28)/t20-,21-/m1/s1. The lowest BCUT2D eigenvalue weighted by atomic mass is 9.98. The van der Waals surface area contributed by atoms with E-state index >= 15 is 0 Å². The third-order valence-corrected chi connectivity index (χ3v) is 5.94. The van der Waals surface area contributed by atoms with Gasteiger partial charge in [-0.25, -0.2) is 0 Å². The van der Waals surface area contributed by atoms with Gasteiger partial charge in [0.1, 0.15) is 17.8 Å². The third kappa shape index (κ3) is 4.12. The Hall–Kier alpha value is -2.86. The Balaban J connectivity index is 1.43. The van der Waals surface area contributed by atoms with Gasteiger partial charge in [-0.2, -0.15) is 0 Å². The summed E-state index contributed by atoms with van der Waals surface area (Å²) in [6.07, 6.45) is 0.431. The van der Waals surface area contributed by atoms with Gasteiger partial charge in [-0.3, -0.25) is 14.5 Å². The van der Waals surface area contributed by atoms with Crippen molar-refractivity contribution in [2.45, 2.75) is 38.9 Å². The largest absolute Gasteiger partial charge is 0.508 e. The van der Waals surface area contributed by atoms with Gasteiger partial charge >= 0.3 is 0 Å². The molecule has 2 aliphatic rings. The Kier molecular flexibility index (Phi) is 5.28. The highest BCUT2D eigenvalue weighted by molar-refractivity contribution is 5.97. The third-order valence-electron chi connectivity index (χ3n) is 5.94. The molecule has 0 bridgehead atoms. The maximum atomic E-state index is 13.0. The van der Waals surface area contributed by atoms with Gasteiger partial charge in [0.25, 0.3) is 0 Å². The van der Waals surface area contributed by atoms with Crippen molar-refractivity contribution >= 4 is 11.8 Å². The van der Waals surface area contributed by atoms with Crippen LogP contribution in [0.5, 0.6) is 5.75 Å². The molecule has 0 aliphatic carbocycles.